The van der Waals surface area contributed by atoms with E-state index in [-0.39, 0.29) is 23.4 Å². The molecule has 1 aliphatic rings. The maximum absolute atomic E-state index is 12.9. The number of phenols is 1. The SMILES string of the molecule is O=C(c1ccc(Sc2cccc(C(F)(F)F)c2)cc1)C1CCN(C(=O)c2cccc(O)c2)CC1. The highest BCUT2D eigenvalue weighted by Crippen LogP contribution is 2.34. The molecule has 1 aliphatic heterocycles. The van der Waals surface area contributed by atoms with E-state index in [1.165, 1.54) is 30.0 Å². The van der Waals surface area contributed by atoms with Gasteiger partial charge in [-0.2, -0.15) is 13.2 Å². The molecular weight excluding hydrogens is 463 g/mol. The number of carbonyl (C=O) groups excluding carboxylic acids is 2. The molecule has 3 aromatic carbocycles. The zero-order valence-corrected chi connectivity index (χ0v) is 18.9. The third-order valence-corrected chi connectivity index (χ3v) is 6.78. The van der Waals surface area contributed by atoms with Gasteiger partial charge in [0.25, 0.3) is 5.91 Å². The molecule has 0 bridgehead atoms. The molecule has 0 unspecified atom stereocenters. The van der Waals surface area contributed by atoms with Crippen molar-refractivity contribution in [3.8, 4) is 5.75 Å². The summed E-state index contributed by atoms with van der Waals surface area (Å²) in [5.41, 5.74) is 0.267. The van der Waals surface area contributed by atoms with E-state index in [0.717, 1.165) is 17.0 Å². The van der Waals surface area contributed by atoms with E-state index in [0.29, 0.717) is 42.0 Å². The number of piperidine rings is 1. The Morgan fingerprint density at radius 1 is 0.853 bits per heavy atom. The van der Waals surface area contributed by atoms with Crippen LogP contribution < -0.4 is 0 Å². The molecule has 1 saturated heterocycles. The minimum atomic E-state index is -4.39. The summed E-state index contributed by atoms with van der Waals surface area (Å²) >= 11 is 1.20. The van der Waals surface area contributed by atoms with E-state index in [2.05, 4.69) is 0 Å². The molecule has 1 amide bonds. The van der Waals surface area contributed by atoms with E-state index in [4.69, 9.17) is 0 Å². The fourth-order valence-electron chi connectivity index (χ4n) is 3.96. The normalized spacial score (nSPS) is 14.7. The van der Waals surface area contributed by atoms with Crippen LogP contribution in [0, 0.1) is 5.92 Å². The fourth-order valence-corrected chi connectivity index (χ4v) is 4.84. The Kier molecular flexibility index (Phi) is 6.97. The zero-order valence-electron chi connectivity index (χ0n) is 18.1. The first kappa shape index (κ1) is 23.9. The molecule has 0 spiro atoms. The first-order valence-corrected chi connectivity index (χ1v) is 11.6. The van der Waals surface area contributed by atoms with Crippen LogP contribution in [0.15, 0.2) is 82.6 Å². The van der Waals surface area contributed by atoms with Gasteiger partial charge in [-0.05, 0) is 61.4 Å². The van der Waals surface area contributed by atoms with Crippen molar-refractivity contribution >= 4 is 23.5 Å². The number of likely N-dealkylation sites (tertiary alicyclic amines) is 1. The van der Waals surface area contributed by atoms with Crippen LogP contribution >= 0.6 is 11.8 Å². The third kappa shape index (κ3) is 5.62. The van der Waals surface area contributed by atoms with Gasteiger partial charge in [-0.15, -0.1) is 0 Å². The Morgan fingerprint density at radius 2 is 1.53 bits per heavy atom. The van der Waals surface area contributed by atoms with Crippen molar-refractivity contribution in [1.82, 2.24) is 4.90 Å². The van der Waals surface area contributed by atoms with Crippen LogP contribution in [-0.4, -0.2) is 34.8 Å². The molecule has 0 radical (unpaired) electrons. The van der Waals surface area contributed by atoms with E-state index in [1.807, 2.05) is 0 Å². The molecule has 1 fully saturated rings. The van der Waals surface area contributed by atoms with Crippen molar-refractivity contribution in [2.75, 3.05) is 13.1 Å². The Morgan fingerprint density at radius 3 is 2.18 bits per heavy atom. The van der Waals surface area contributed by atoms with Crippen LogP contribution in [0.2, 0.25) is 0 Å². The number of ketones is 1. The number of halogens is 3. The third-order valence-electron chi connectivity index (χ3n) is 5.78. The molecular formula is C26H22F3NO3S. The molecule has 34 heavy (non-hydrogen) atoms. The largest absolute Gasteiger partial charge is 0.508 e. The molecule has 1 N–H and O–H groups in total. The lowest BCUT2D eigenvalue weighted by Gasteiger charge is -2.31. The summed E-state index contributed by atoms with van der Waals surface area (Å²) in [7, 11) is 0. The average molecular weight is 486 g/mol. The monoisotopic (exact) mass is 485 g/mol. The number of aromatic hydroxyl groups is 1. The van der Waals surface area contributed by atoms with Gasteiger partial charge in [0.05, 0.1) is 5.56 Å². The van der Waals surface area contributed by atoms with Gasteiger partial charge >= 0.3 is 6.18 Å². The molecule has 0 atom stereocenters. The fraction of sp³-hybridized carbons (Fsp3) is 0.231. The van der Waals surface area contributed by atoms with Crippen LogP contribution in [0.5, 0.6) is 5.75 Å². The Balaban J connectivity index is 1.35. The van der Waals surface area contributed by atoms with Gasteiger partial charge in [0, 0.05) is 39.9 Å². The number of benzene rings is 3. The van der Waals surface area contributed by atoms with Crippen LogP contribution in [0.1, 0.15) is 39.1 Å². The van der Waals surface area contributed by atoms with Gasteiger partial charge in [-0.1, -0.05) is 36.0 Å². The predicted molar refractivity (Wildman–Crippen MR) is 123 cm³/mol. The number of carbonyl (C=O) groups is 2. The lowest BCUT2D eigenvalue weighted by atomic mass is 9.88. The molecule has 1 heterocycles. The number of nitrogens with zero attached hydrogens (tertiary/aromatic N) is 1. The minimum Gasteiger partial charge on any atom is -0.508 e. The van der Waals surface area contributed by atoms with Crippen molar-refractivity contribution in [2.24, 2.45) is 5.92 Å². The number of Topliss-reactive ketones (excluding diaryl/α,β-unsaturated/α-hetero) is 1. The number of alkyl halides is 3. The molecule has 0 aromatic heterocycles. The summed E-state index contributed by atoms with van der Waals surface area (Å²) in [6.45, 7) is 0.906. The number of hydrogen-bond acceptors (Lipinski definition) is 4. The Hall–Kier alpha value is -3.26. The second-order valence-electron chi connectivity index (χ2n) is 8.13. The number of rotatable bonds is 5. The highest BCUT2D eigenvalue weighted by molar-refractivity contribution is 7.99. The van der Waals surface area contributed by atoms with Crippen molar-refractivity contribution < 1.29 is 27.9 Å². The van der Waals surface area contributed by atoms with Crippen LogP contribution in [0.3, 0.4) is 0 Å². The Labute approximate surface area is 199 Å². The summed E-state index contributed by atoms with van der Waals surface area (Å²) in [5.74, 6) is -0.335. The van der Waals surface area contributed by atoms with Gasteiger partial charge in [0.2, 0.25) is 0 Å². The van der Waals surface area contributed by atoms with Crippen LogP contribution in [0.4, 0.5) is 13.2 Å². The summed E-state index contributed by atoms with van der Waals surface area (Å²) in [4.78, 5) is 28.5. The predicted octanol–water partition coefficient (Wildman–Crippen LogP) is 6.30. The topological polar surface area (TPSA) is 57.6 Å². The highest BCUT2D eigenvalue weighted by Gasteiger charge is 2.31. The average Bonchev–Trinajstić information content (AvgIpc) is 2.83. The molecule has 0 saturated carbocycles. The first-order valence-electron chi connectivity index (χ1n) is 10.8. The van der Waals surface area contributed by atoms with E-state index < -0.39 is 11.7 Å². The second-order valence-corrected chi connectivity index (χ2v) is 9.28. The van der Waals surface area contributed by atoms with E-state index >= 15 is 0 Å². The summed E-state index contributed by atoms with van der Waals surface area (Å²) in [6, 6.07) is 18.2. The van der Waals surface area contributed by atoms with Gasteiger partial charge in [0.1, 0.15) is 5.75 Å². The van der Waals surface area contributed by atoms with Crippen molar-refractivity contribution in [3.05, 3.63) is 89.5 Å². The lowest BCUT2D eigenvalue weighted by Crippen LogP contribution is -2.40. The first-order chi connectivity index (χ1) is 16.2. The molecule has 8 heteroatoms. The highest BCUT2D eigenvalue weighted by atomic mass is 32.2. The van der Waals surface area contributed by atoms with E-state index in [1.54, 1.807) is 47.4 Å². The number of hydrogen-bond donors (Lipinski definition) is 1. The zero-order chi connectivity index (χ0) is 24.3. The van der Waals surface area contributed by atoms with Gasteiger partial charge in [-0.3, -0.25) is 9.59 Å². The maximum atomic E-state index is 12.9. The molecule has 3 aromatic rings. The molecule has 176 valence electrons. The van der Waals surface area contributed by atoms with Crippen LogP contribution in [0.25, 0.3) is 0 Å². The summed E-state index contributed by atoms with van der Waals surface area (Å²) in [5, 5.41) is 9.59. The van der Waals surface area contributed by atoms with Gasteiger partial charge in [0.15, 0.2) is 5.78 Å². The molecule has 4 nitrogen and oxygen atoms in total. The van der Waals surface area contributed by atoms with E-state index in [9.17, 15) is 27.9 Å². The minimum absolute atomic E-state index is 0.0000679. The smallest absolute Gasteiger partial charge is 0.416 e. The maximum Gasteiger partial charge on any atom is 0.416 e. The summed E-state index contributed by atoms with van der Waals surface area (Å²) < 4.78 is 38.8. The van der Waals surface area contributed by atoms with Crippen molar-refractivity contribution in [3.63, 3.8) is 0 Å². The van der Waals surface area contributed by atoms with Crippen molar-refractivity contribution in [2.45, 2.75) is 28.8 Å². The van der Waals surface area contributed by atoms with Gasteiger partial charge in [-0.25, -0.2) is 0 Å². The quantitative estimate of drug-likeness (QED) is 0.431. The van der Waals surface area contributed by atoms with Crippen molar-refractivity contribution in [1.29, 1.82) is 0 Å². The standard InChI is InChI=1S/C26H22F3NO3S/c27-26(28,29)20-4-2-6-23(16-20)34-22-9-7-17(8-10-22)24(32)18-11-13-30(14-12-18)25(33)19-3-1-5-21(31)15-19/h1-10,15-16,18,31H,11-14H2. The number of phenolic OH excluding ortho intramolecular Hbond substituents is 1. The molecule has 0 aliphatic carbocycles. The van der Waals surface area contributed by atoms with Gasteiger partial charge < -0.3 is 10.0 Å². The lowest BCUT2D eigenvalue weighted by molar-refractivity contribution is -0.137. The number of amides is 1. The second kappa shape index (κ2) is 9.93. The molecule has 4 rings (SSSR count). The Bertz CT molecular complexity index is 1190. The summed E-state index contributed by atoms with van der Waals surface area (Å²) in [6.07, 6.45) is -3.30. The van der Waals surface area contributed by atoms with Crippen LogP contribution in [-0.2, 0) is 6.18 Å².